The van der Waals surface area contributed by atoms with Crippen LogP contribution in [0.15, 0.2) is 24.3 Å². The van der Waals surface area contributed by atoms with Crippen LogP contribution in [0.3, 0.4) is 0 Å². The van der Waals surface area contributed by atoms with Crippen LogP contribution in [0.4, 0.5) is 0 Å². The molecule has 0 N–H and O–H groups in total. The summed E-state index contributed by atoms with van der Waals surface area (Å²) < 4.78 is 7.26. The zero-order chi connectivity index (χ0) is 14.4. The first-order chi connectivity index (χ1) is 10.3. The quantitative estimate of drug-likeness (QED) is 0.867. The number of benzene rings is 1. The number of carbonyl (C=O) groups is 1. The van der Waals surface area contributed by atoms with E-state index in [0.29, 0.717) is 12.3 Å². The van der Waals surface area contributed by atoms with Gasteiger partial charge in [-0.15, -0.1) is 0 Å². The van der Waals surface area contributed by atoms with Gasteiger partial charge in [0.25, 0.3) is 0 Å². The number of aromatic nitrogens is 2. The fraction of sp³-hybridized carbons (Fsp3) is 0.412. The molecule has 0 spiro atoms. The number of rotatable bonds is 3. The van der Waals surface area contributed by atoms with E-state index in [1.165, 1.54) is 0 Å². The molecule has 4 heteroatoms. The highest BCUT2D eigenvalue weighted by Gasteiger charge is 2.35. The van der Waals surface area contributed by atoms with Crippen molar-refractivity contribution in [2.24, 2.45) is 0 Å². The van der Waals surface area contributed by atoms with E-state index in [1.54, 1.807) is 7.11 Å². The van der Waals surface area contributed by atoms with Crippen LogP contribution in [-0.2, 0) is 6.42 Å². The lowest BCUT2D eigenvalue weighted by Gasteiger charge is -2.14. The first-order valence-electron chi connectivity index (χ1n) is 7.57. The highest BCUT2D eigenvalue weighted by molar-refractivity contribution is 5.99. The van der Waals surface area contributed by atoms with Crippen LogP contribution in [0.2, 0.25) is 0 Å². The first kappa shape index (κ1) is 12.6. The Bertz CT molecular complexity index is 714. The summed E-state index contributed by atoms with van der Waals surface area (Å²) in [4.78, 5) is 12.3. The molecule has 1 heterocycles. The number of fused-ring (bicyclic) bond motifs is 1. The molecule has 1 fully saturated rings. The van der Waals surface area contributed by atoms with E-state index in [1.807, 2.05) is 28.9 Å². The third-order valence-corrected chi connectivity index (χ3v) is 4.37. The maximum atomic E-state index is 12.3. The number of methoxy groups -OCH3 is 1. The number of Topliss-reactive ketones (excluding diaryl/α,β-unsaturated/α-hetero) is 1. The van der Waals surface area contributed by atoms with E-state index >= 15 is 0 Å². The summed E-state index contributed by atoms with van der Waals surface area (Å²) in [5, 5.41) is 4.79. The van der Waals surface area contributed by atoms with Gasteiger partial charge >= 0.3 is 0 Å². The van der Waals surface area contributed by atoms with Crippen LogP contribution in [0, 0.1) is 0 Å². The number of nitrogens with zero attached hydrogens (tertiary/aromatic N) is 2. The monoisotopic (exact) mass is 282 g/mol. The summed E-state index contributed by atoms with van der Waals surface area (Å²) >= 11 is 0. The van der Waals surface area contributed by atoms with Gasteiger partial charge in [-0.2, -0.15) is 5.10 Å². The van der Waals surface area contributed by atoms with Crippen molar-refractivity contribution in [3.8, 4) is 11.4 Å². The molecule has 0 radical (unpaired) electrons. The summed E-state index contributed by atoms with van der Waals surface area (Å²) in [6.07, 6.45) is 4.84. The molecule has 0 amide bonds. The van der Waals surface area contributed by atoms with Gasteiger partial charge in [0, 0.05) is 18.4 Å². The molecule has 0 unspecified atom stereocenters. The number of ether oxygens (including phenoxy) is 1. The third-order valence-electron chi connectivity index (χ3n) is 4.37. The van der Waals surface area contributed by atoms with Crippen molar-refractivity contribution in [3.05, 3.63) is 41.2 Å². The van der Waals surface area contributed by atoms with Crippen LogP contribution in [0.1, 0.15) is 53.3 Å². The van der Waals surface area contributed by atoms with Gasteiger partial charge in [-0.05, 0) is 37.8 Å². The lowest BCUT2D eigenvalue weighted by molar-refractivity contribution is 0.0971. The summed E-state index contributed by atoms with van der Waals surface area (Å²) in [5.41, 5.74) is 4.00. The molecule has 21 heavy (non-hydrogen) atoms. The molecule has 108 valence electrons. The van der Waals surface area contributed by atoms with E-state index in [0.717, 1.165) is 54.1 Å². The number of ketones is 1. The predicted molar refractivity (Wildman–Crippen MR) is 79.4 cm³/mol. The van der Waals surface area contributed by atoms with Gasteiger partial charge < -0.3 is 4.74 Å². The maximum absolute atomic E-state index is 12.3. The van der Waals surface area contributed by atoms with Crippen LogP contribution in [0.5, 0.6) is 5.75 Å². The second-order valence-electron chi connectivity index (χ2n) is 5.87. The van der Waals surface area contributed by atoms with Gasteiger partial charge in [-0.3, -0.25) is 4.79 Å². The van der Waals surface area contributed by atoms with Crippen molar-refractivity contribution in [1.29, 1.82) is 0 Å². The minimum Gasteiger partial charge on any atom is -0.497 e. The molecule has 4 rings (SSSR count). The zero-order valence-electron chi connectivity index (χ0n) is 12.1. The number of hydrogen-bond acceptors (Lipinski definition) is 3. The molecule has 0 atom stereocenters. The van der Waals surface area contributed by atoms with Crippen LogP contribution in [0.25, 0.3) is 5.69 Å². The third kappa shape index (κ3) is 2.06. The predicted octanol–water partition coefficient (Wildman–Crippen LogP) is 3.28. The van der Waals surface area contributed by atoms with Crippen molar-refractivity contribution < 1.29 is 9.53 Å². The van der Waals surface area contributed by atoms with Gasteiger partial charge in [0.05, 0.1) is 29.7 Å². The largest absolute Gasteiger partial charge is 0.497 e. The molecule has 2 aromatic rings. The van der Waals surface area contributed by atoms with Gasteiger partial charge in [0.2, 0.25) is 0 Å². The van der Waals surface area contributed by atoms with Crippen LogP contribution in [-0.4, -0.2) is 22.7 Å². The van der Waals surface area contributed by atoms with Gasteiger partial charge in [-0.1, -0.05) is 6.07 Å². The van der Waals surface area contributed by atoms with Gasteiger partial charge in [0.1, 0.15) is 5.75 Å². The Balaban J connectivity index is 1.88. The van der Waals surface area contributed by atoms with E-state index < -0.39 is 0 Å². The Morgan fingerprint density at radius 3 is 2.90 bits per heavy atom. The highest BCUT2D eigenvalue weighted by atomic mass is 16.5. The van der Waals surface area contributed by atoms with Crippen molar-refractivity contribution in [3.63, 3.8) is 0 Å². The lowest BCUT2D eigenvalue weighted by atomic mass is 9.93. The molecular formula is C17H18N2O2. The minimum absolute atomic E-state index is 0.271. The van der Waals surface area contributed by atoms with Crippen molar-refractivity contribution in [1.82, 2.24) is 9.78 Å². The molecule has 4 nitrogen and oxygen atoms in total. The molecule has 2 aliphatic carbocycles. The normalized spacial score (nSPS) is 17.7. The topological polar surface area (TPSA) is 44.1 Å². The Kier molecular flexibility index (Phi) is 2.84. The van der Waals surface area contributed by atoms with E-state index in [-0.39, 0.29) is 5.78 Å². The summed E-state index contributed by atoms with van der Waals surface area (Å²) in [6, 6.07) is 7.88. The summed E-state index contributed by atoms with van der Waals surface area (Å²) in [7, 11) is 1.66. The summed E-state index contributed by atoms with van der Waals surface area (Å²) in [6.45, 7) is 0. The lowest BCUT2D eigenvalue weighted by Crippen LogP contribution is -2.13. The second kappa shape index (κ2) is 4.72. The first-order valence-corrected chi connectivity index (χ1v) is 7.57. The molecule has 1 saturated carbocycles. The Labute approximate surface area is 123 Å². The molecule has 0 aliphatic heterocycles. The van der Waals surface area contributed by atoms with Crippen LogP contribution >= 0.6 is 0 Å². The summed E-state index contributed by atoms with van der Waals surface area (Å²) in [5.74, 6) is 1.58. The van der Waals surface area contributed by atoms with E-state index in [4.69, 9.17) is 9.84 Å². The molecular weight excluding hydrogens is 264 g/mol. The zero-order valence-corrected chi connectivity index (χ0v) is 12.1. The van der Waals surface area contributed by atoms with Crippen LogP contribution < -0.4 is 4.74 Å². The maximum Gasteiger partial charge on any atom is 0.166 e. The highest BCUT2D eigenvalue weighted by Crippen LogP contribution is 2.43. The molecule has 2 aliphatic rings. The SMILES string of the molecule is COc1cccc(-n2nc(C3CC3)c3c2CCCC3=O)c1. The number of carbonyl (C=O) groups excluding carboxylic acids is 1. The van der Waals surface area contributed by atoms with Crippen molar-refractivity contribution >= 4 is 5.78 Å². The Morgan fingerprint density at radius 1 is 1.29 bits per heavy atom. The minimum atomic E-state index is 0.271. The Morgan fingerprint density at radius 2 is 2.14 bits per heavy atom. The molecule has 1 aromatic heterocycles. The van der Waals surface area contributed by atoms with Crippen molar-refractivity contribution in [2.45, 2.75) is 38.0 Å². The van der Waals surface area contributed by atoms with E-state index in [9.17, 15) is 4.79 Å². The second-order valence-corrected chi connectivity index (χ2v) is 5.87. The van der Waals surface area contributed by atoms with E-state index in [2.05, 4.69) is 0 Å². The fourth-order valence-corrected chi connectivity index (χ4v) is 3.15. The van der Waals surface area contributed by atoms with Gasteiger partial charge in [-0.25, -0.2) is 4.68 Å². The number of hydrogen-bond donors (Lipinski definition) is 0. The smallest absolute Gasteiger partial charge is 0.166 e. The molecule has 0 saturated heterocycles. The van der Waals surface area contributed by atoms with Gasteiger partial charge in [0.15, 0.2) is 5.78 Å². The average Bonchev–Trinajstić information content (AvgIpc) is 3.28. The molecule has 0 bridgehead atoms. The average molecular weight is 282 g/mol. The Hall–Kier alpha value is -2.10. The fourth-order valence-electron chi connectivity index (χ4n) is 3.15. The standard InChI is InChI=1S/C17H18N2O2/c1-21-13-5-2-4-12(10-13)19-14-6-3-7-15(20)16(14)17(18-19)11-8-9-11/h2,4-5,10-11H,3,6-9H2,1H3. The molecule has 1 aromatic carbocycles. The van der Waals surface area contributed by atoms with Crippen molar-refractivity contribution in [2.75, 3.05) is 7.11 Å².